The van der Waals surface area contributed by atoms with Crippen LogP contribution in [0.2, 0.25) is 0 Å². The lowest BCUT2D eigenvalue weighted by atomic mass is 9.76. The van der Waals surface area contributed by atoms with Gasteiger partial charge in [0.25, 0.3) is 0 Å². The van der Waals surface area contributed by atoms with Gasteiger partial charge >= 0.3 is 0 Å². The lowest BCUT2D eigenvalue weighted by molar-refractivity contribution is -0.110. The highest BCUT2D eigenvalue weighted by molar-refractivity contribution is 6.00. The molecule has 22 heavy (non-hydrogen) atoms. The van der Waals surface area contributed by atoms with Crippen molar-refractivity contribution in [1.29, 1.82) is 0 Å². The van der Waals surface area contributed by atoms with Gasteiger partial charge in [0.15, 0.2) is 5.78 Å². The van der Waals surface area contributed by atoms with E-state index in [1.165, 1.54) is 6.08 Å². The minimum Gasteiger partial charge on any atom is -0.508 e. The fourth-order valence-corrected chi connectivity index (χ4v) is 3.19. The van der Waals surface area contributed by atoms with Crippen molar-refractivity contribution in [1.82, 2.24) is 0 Å². The molecule has 0 saturated carbocycles. The van der Waals surface area contributed by atoms with Crippen molar-refractivity contribution in [2.24, 2.45) is 5.92 Å². The number of phenols is 1. The summed E-state index contributed by atoms with van der Waals surface area (Å²) in [5.74, 6) is 1.40. The standard InChI is InChI=1S/C19H14O3/c20-13-6-8-15-17(10-13)22-18-11-14(21)7-9-16(18)19(15)12-4-2-1-3-5-12/h1-11,15,19,21H/t15-,19+/m1/s1. The Labute approximate surface area is 128 Å². The highest BCUT2D eigenvalue weighted by Crippen LogP contribution is 2.47. The van der Waals surface area contributed by atoms with Crippen molar-refractivity contribution in [3.63, 3.8) is 0 Å². The molecule has 3 nitrogen and oxygen atoms in total. The zero-order chi connectivity index (χ0) is 15.1. The van der Waals surface area contributed by atoms with Gasteiger partial charge in [0.05, 0.1) is 0 Å². The first-order chi connectivity index (χ1) is 10.7. The second-order valence-corrected chi connectivity index (χ2v) is 5.55. The van der Waals surface area contributed by atoms with Gasteiger partial charge in [-0.15, -0.1) is 0 Å². The van der Waals surface area contributed by atoms with Gasteiger partial charge in [-0.05, 0) is 17.7 Å². The monoisotopic (exact) mass is 290 g/mol. The van der Waals surface area contributed by atoms with Crippen LogP contribution in [0.5, 0.6) is 11.5 Å². The van der Waals surface area contributed by atoms with Crippen LogP contribution >= 0.6 is 0 Å². The van der Waals surface area contributed by atoms with Gasteiger partial charge in [-0.1, -0.05) is 42.5 Å². The highest BCUT2D eigenvalue weighted by atomic mass is 16.5. The third-order valence-corrected chi connectivity index (χ3v) is 4.16. The third kappa shape index (κ3) is 2.02. The van der Waals surface area contributed by atoms with Gasteiger partial charge in [-0.25, -0.2) is 0 Å². The Hall–Kier alpha value is -2.81. The Morgan fingerprint density at radius 3 is 2.68 bits per heavy atom. The molecule has 1 aliphatic carbocycles. The lowest BCUT2D eigenvalue weighted by Gasteiger charge is -2.35. The molecule has 1 aliphatic heterocycles. The number of phenolic OH excluding ortho intramolecular Hbond substituents is 1. The predicted octanol–water partition coefficient (Wildman–Crippen LogP) is 3.56. The van der Waals surface area contributed by atoms with Crippen molar-refractivity contribution in [2.45, 2.75) is 5.92 Å². The summed E-state index contributed by atoms with van der Waals surface area (Å²) in [6.45, 7) is 0. The quantitative estimate of drug-likeness (QED) is 0.873. The summed E-state index contributed by atoms with van der Waals surface area (Å²) in [4.78, 5) is 11.6. The summed E-state index contributed by atoms with van der Waals surface area (Å²) in [7, 11) is 0. The smallest absolute Gasteiger partial charge is 0.181 e. The molecule has 0 amide bonds. The fourth-order valence-electron chi connectivity index (χ4n) is 3.19. The van der Waals surface area contributed by atoms with E-state index in [2.05, 4.69) is 12.1 Å². The Morgan fingerprint density at radius 1 is 1.05 bits per heavy atom. The summed E-state index contributed by atoms with van der Waals surface area (Å²) in [6, 6.07) is 15.3. The maximum Gasteiger partial charge on any atom is 0.181 e. The van der Waals surface area contributed by atoms with Crippen LogP contribution in [0.3, 0.4) is 0 Å². The maximum absolute atomic E-state index is 11.6. The summed E-state index contributed by atoms with van der Waals surface area (Å²) in [5, 5.41) is 9.71. The molecule has 2 aromatic rings. The molecule has 2 aliphatic rings. The molecule has 108 valence electrons. The van der Waals surface area contributed by atoms with E-state index in [9.17, 15) is 9.90 Å². The Balaban J connectivity index is 1.92. The van der Waals surface area contributed by atoms with E-state index in [1.807, 2.05) is 30.3 Å². The molecule has 4 rings (SSSR count). The van der Waals surface area contributed by atoms with Crippen LogP contribution in [0.25, 0.3) is 0 Å². The molecule has 2 aromatic carbocycles. The predicted molar refractivity (Wildman–Crippen MR) is 82.7 cm³/mol. The minimum absolute atomic E-state index is 0.00265. The molecular weight excluding hydrogens is 276 g/mol. The van der Waals surface area contributed by atoms with Gasteiger partial charge in [0.2, 0.25) is 0 Å². The molecule has 0 bridgehead atoms. The van der Waals surface area contributed by atoms with Crippen LogP contribution in [-0.2, 0) is 4.79 Å². The second kappa shape index (κ2) is 4.88. The Bertz CT molecular complexity index is 803. The number of ether oxygens (including phenoxy) is 1. The summed E-state index contributed by atoms with van der Waals surface area (Å²) in [5.41, 5.74) is 2.18. The largest absolute Gasteiger partial charge is 0.508 e. The van der Waals surface area contributed by atoms with Crippen LogP contribution in [0.4, 0.5) is 0 Å². The number of benzene rings is 2. The maximum atomic E-state index is 11.6. The number of fused-ring (bicyclic) bond motifs is 2. The van der Waals surface area contributed by atoms with Crippen molar-refractivity contribution in [3.05, 3.63) is 83.6 Å². The number of carbonyl (C=O) groups is 1. The number of allylic oxidation sites excluding steroid dienone is 3. The summed E-state index contributed by atoms with van der Waals surface area (Å²) in [6.07, 6.45) is 5.04. The molecule has 0 unspecified atom stereocenters. The van der Waals surface area contributed by atoms with Crippen molar-refractivity contribution >= 4 is 5.78 Å². The van der Waals surface area contributed by atoms with Crippen LogP contribution in [0.15, 0.2) is 72.5 Å². The fraction of sp³-hybridized carbons (Fsp3) is 0.105. The number of ketones is 1. The molecule has 0 saturated heterocycles. The van der Waals surface area contributed by atoms with Gasteiger partial charge in [0.1, 0.15) is 17.3 Å². The van der Waals surface area contributed by atoms with E-state index in [0.717, 1.165) is 11.1 Å². The lowest BCUT2D eigenvalue weighted by Crippen LogP contribution is -2.26. The first-order valence-corrected chi connectivity index (χ1v) is 7.22. The van der Waals surface area contributed by atoms with Crippen LogP contribution in [0, 0.1) is 5.92 Å². The number of carbonyl (C=O) groups excluding carboxylic acids is 1. The molecule has 1 heterocycles. The van der Waals surface area contributed by atoms with E-state index in [1.54, 1.807) is 18.2 Å². The first kappa shape index (κ1) is 12.9. The van der Waals surface area contributed by atoms with Crippen molar-refractivity contribution < 1.29 is 14.6 Å². The van der Waals surface area contributed by atoms with Crippen molar-refractivity contribution in [2.75, 3.05) is 0 Å². The summed E-state index contributed by atoms with van der Waals surface area (Å²) < 4.78 is 5.87. The minimum atomic E-state index is -0.0679. The van der Waals surface area contributed by atoms with Gasteiger partial charge in [-0.3, -0.25) is 4.79 Å². The topological polar surface area (TPSA) is 46.5 Å². The second-order valence-electron chi connectivity index (χ2n) is 5.55. The molecule has 0 fully saturated rings. The zero-order valence-electron chi connectivity index (χ0n) is 11.8. The van der Waals surface area contributed by atoms with Gasteiger partial charge < -0.3 is 9.84 Å². The zero-order valence-corrected chi connectivity index (χ0v) is 11.8. The average molecular weight is 290 g/mol. The summed E-state index contributed by atoms with van der Waals surface area (Å²) >= 11 is 0. The molecule has 3 heteroatoms. The van der Waals surface area contributed by atoms with E-state index >= 15 is 0 Å². The van der Waals surface area contributed by atoms with Gasteiger partial charge in [-0.2, -0.15) is 0 Å². The van der Waals surface area contributed by atoms with E-state index in [0.29, 0.717) is 11.5 Å². The highest BCUT2D eigenvalue weighted by Gasteiger charge is 2.36. The Kier molecular flexibility index (Phi) is 2.86. The van der Waals surface area contributed by atoms with Crippen LogP contribution < -0.4 is 4.74 Å². The Morgan fingerprint density at radius 2 is 1.86 bits per heavy atom. The normalized spacial score (nSPS) is 22.4. The number of aromatic hydroxyl groups is 1. The molecule has 0 radical (unpaired) electrons. The SMILES string of the molecule is O=C1C=C[C@@H]2C(=C1)Oc1cc(O)ccc1[C@H]2c1ccccc1. The van der Waals surface area contributed by atoms with Crippen LogP contribution in [-0.4, -0.2) is 10.9 Å². The molecule has 1 N–H and O–H groups in total. The molecular formula is C19H14O3. The number of rotatable bonds is 1. The average Bonchev–Trinajstić information content (AvgIpc) is 2.53. The first-order valence-electron chi connectivity index (χ1n) is 7.22. The molecule has 0 spiro atoms. The van der Waals surface area contributed by atoms with Crippen molar-refractivity contribution in [3.8, 4) is 11.5 Å². The van der Waals surface area contributed by atoms with E-state index in [4.69, 9.17) is 4.74 Å². The number of hydrogen-bond acceptors (Lipinski definition) is 3. The van der Waals surface area contributed by atoms with Gasteiger partial charge in [0, 0.05) is 29.5 Å². The van der Waals surface area contributed by atoms with E-state index in [-0.39, 0.29) is 23.4 Å². The molecule has 0 aromatic heterocycles. The third-order valence-electron chi connectivity index (χ3n) is 4.16. The molecule has 2 atom stereocenters. The van der Waals surface area contributed by atoms with Crippen LogP contribution in [0.1, 0.15) is 17.0 Å². The number of hydrogen-bond donors (Lipinski definition) is 1. The van der Waals surface area contributed by atoms with E-state index < -0.39 is 0 Å².